The van der Waals surface area contributed by atoms with E-state index < -0.39 is 5.54 Å². The molecule has 0 spiro atoms. The van der Waals surface area contributed by atoms with Crippen molar-refractivity contribution in [2.75, 3.05) is 13.2 Å². The van der Waals surface area contributed by atoms with E-state index in [0.717, 1.165) is 5.56 Å². The predicted octanol–water partition coefficient (Wildman–Crippen LogP) is 0.377. The number of carbonyl (C=O) groups is 1. The van der Waals surface area contributed by atoms with E-state index >= 15 is 0 Å². The molecule has 2 heterocycles. The van der Waals surface area contributed by atoms with Gasteiger partial charge in [-0.15, -0.1) is 0 Å². The molecule has 0 radical (unpaired) electrons. The van der Waals surface area contributed by atoms with E-state index in [4.69, 9.17) is 10.5 Å². The van der Waals surface area contributed by atoms with Gasteiger partial charge in [0.05, 0.1) is 12.6 Å². The minimum atomic E-state index is -0.879. The van der Waals surface area contributed by atoms with Gasteiger partial charge in [0.15, 0.2) is 0 Å². The molecule has 17 heavy (non-hydrogen) atoms. The van der Waals surface area contributed by atoms with Crippen molar-refractivity contribution in [2.45, 2.75) is 24.9 Å². The van der Waals surface area contributed by atoms with Gasteiger partial charge in [0.2, 0.25) is 5.91 Å². The maximum absolute atomic E-state index is 12.0. The third kappa shape index (κ3) is 2.62. The Bertz CT molecular complexity index is 388. The van der Waals surface area contributed by atoms with Crippen molar-refractivity contribution in [3.05, 3.63) is 30.1 Å². The van der Waals surface area contributed by atoms with Gasteiger partial charge in [-0.3, -0.25) is 9.78 Å². The second-order valence-electron chi connectivity index (χ2n) is 4.44. The van der Waals surface area contributed by atoms with E-state index in [1.165, 1.54) is 0 Å². The van der Waals surface area contributed by atoms with Crippen molar-refractivity contribution < 1.29 is 9.53 Å². The summed E-state index contributed by atoms with van der Waals surface area (Å²) in [6, 6.07) is 3.67. The van der Waals surface area contributed by atoms with Crippen molar-refractivity contribution >= 4 is 5.91 Å². The highest BCUT2D eigenvalue weighted by molar-refractivity contribution is 5.86. The Morgan fingerprint density at radius 2 is 2.53 bits per heavy atom. The highest BCUT2D eigenvalue weighted by Gasteiger charge is 2.38. The van der Waals surface area contributed by atoms with Crippen LogP contribution in [0.25, 0.3) is 0 Å². The van der Waals surface area contributed by atoms with Crippen LogP contribution in [-0.2, 0) is 9.53 Å². The van der Waals surface area contributed by atoms with Crippen molar-refractivity contribution in [1.82, 2.24) is 10.3 Å². The van der Waals surface area contributed by atoms with Gasteiger partial charge in [0.1, 0.15) is 5.54 Å². The first-order chi connectivity index (χ1) is 8.12. The molecule has 0 aromatic carbocycles. The van der Waals surface area contributed by atoms with E-state index in [9.17, 15) is 4.79 Å². The lowest BCUT2D eigenvalue weighted by Gasteiger charge is -2.23. The zero-order valence-electron chi connectivity index (χ0n) is 9.85. The van der Waals surface area contributed by atoms with Crippen molar-refractivity contribution in [3.63, 3.8) is 0 Å². The zero-order valence-corrected chi connectivity index (χ0v) is 9.85. The summed E-state index contributed by atoms with van der Waals surface area (Å²) in [6.45, 7) is 2.75. The molecule has 3 N–H and O–H groups in total. The second kappa shape index (κ2) is 4.81. The minimum absolute atomic E-state index is 0.0998. The van der Waals surface area contributed by atoms with Gasteiger partial charge in [-0.05, 0) is 25.0 Å². The monoisotopic (exact) mass is 235 g/mol. The maximum atomic E-state index is 12.0. The fraction of sp³-hybridized carbons (Fsp3) is 0.500. The van der Waals surface area contributed by atoms with Gasteiger partial charge in [0, 0.05) is 19.0 Å². The average Bonchev–Trinajstić information content (AvgIpc) is 2.78. The molecule has 2 rings (SSSR count). The summed E-state index contributed by atoms with van der Waals surface area (Å²) in [6.07, 6.45) is 4.01. The maximum Gasteiger partial charge on any atom is 0.243 e. The Balaban J connectivity index is 1.99. The normalized spacial score (nSPS) is 25.5. The number of nitrogens with one attached hydrogen (secondary N) is 1. The van der Waals surface area contributed by atoms with Gasteiger partial charge in [-0.2, -0.15) is 0 Å². The quantitative estimate of drug-likeness (QED) is 0.794. The Hall–Kier alpha value is -1.46. The summed E-state index contributed by atoms with van der Waals surface area (Å²) in [5.74, 6) is -0.161. The molecule has 5 nitrogen and oxygen atoms in total. The summed E-state index contributed by atoms with van der Waals surface area (Å²) < 4.78 is 5.17. The SMILES string of the molecule is C[C@@H](NC(=O)C1(N)CCOC1)c1cccnc1. The number of carbonyl (C=O) groups excluding carboxylic acids is 1. The molecule has 1 aliphatic rings. The van der Waals surface area contributed by atoms with Gasteiger partial charge in [-0.25, -0.2) is 0 Å². The second-order valence-corrected chi connectivity index (χ2v) is 4.44. The molecule has 1 aromatic rings. The Morgan fingerprint density at radius 3 is 3.12 bits per heavy atom. The topological polar surface area (TPSA) is 77.2 Å². The molecule has 1 fully saturated rings. The molecule has 92 valence electrons. The van der Waals surface area contributed by atoms with Gasteiger partial charge in [-0.1, -0.05) is 6.07 Å². The molecule has 1 unspecified atom stereocenters. The third-order valence-corrected chi connectivity index (χ3v) is 3.04. The van der Waals surface area contributed by atoms with Crippen LogP contribution in [0, 0.1) is 0 Å². The van der Waals surface area contributed by atoms with Crippen molar-refractivity contribution in [1.29, 1.82) is 0 Å². The van der Waals surface area contributed by atoms with Crippen LogP contribution in [-0.4, -0.2) is 29.6 Å². The molecule has 1 aromatic heterocycles. The summed E-state index contributed by atoms with van der Waals surface area (Å²) >= 11 is 0. The van der Waals surface area contributed by atoms with Crippen LogP contribution in [0.4, 0.5) is 0 Å². The zero-order chi connectivity index (χ0) is 12.3. The fourth-order valence-corrected chi connectivity index (χ4v) is 1.82. The molecule has 1 amide bonds. The number of aromatic nitrogens is 1. The first-order valence-electron chi connectivity index (χ1n) is 5.69. The largest absolute Gasteiger partial charge is 0.379 e. The highest BCUT2D eigenvalue weighted by Crippen LogP contribution is 2.18. The molecular formula is C12H17N3O2. The Morgan fingerprint density at radius 1 is 1.71 bits per heavy atom. The van der Waals surface area contributed by atoms with E-state index in [-0.39, 0.29) is 11.9 Å². The number of rotatable bonds is 3. The highest BCUT2D eigenvalue weighted by atomic mass is 16.5. The summed E-state index contributed by atoms with van der Waals surface area (Å²) in [4.78, 5) is 16.0. The van der Waals surface area contributed by atoms with Gasteiger partial charge >= 0.3 is 0 Å². The molecule has 1 saturated heterocycles. The predicted molar refractivity (Wildman–Crippen MR) is 63.1 cm³/mol. The number of amides is 1. The van der Waals surface area contributed by atoms with Crippen LogP contribution < -0.4 is 11.1 Å². The lowest BCUT2D eigenvalue weighted by molar-refractivity contribution is -0.127. The average molecular weight is 235 g/mol. The molecule has 5 heteroatoms. The number of ether oxygens (including phenoxy) is 1. The molecule has 0 bridgehead atoms. The van der Waals surface area contributed by atoms with Crippen LogP contribution in [0.2, 0.25) is 0 Å². The van der Waals surface area contributed by atoms with Crippen LogP contribution in [0.3, 0.4) is 0 Å². The smallest absolute Gasteiger partial charge is 0.243 e. The number of hydrogen-bond donors (Lipinski definition) is 2. The van der Waals surface area contributed by atoms with Crippen molar-refractivity contribution in [2.24, 2.45) is 5.73 Å². The first-order valence-corrected chi connectivity index (χ1v) is 5.69. The van der Waals surface area contributed by atoms with Crippen LogP contribution in [0.1, 0.15) is 24.9 Å². The Labute approximate surface area is 100 Å². The van der Waals surface area contributed by atoms with Crippen molar-refractivity contribution in [3.8, 4) is 0 Å². The lowest BCUT2D eigenvalue weighted by atomic mass is 9.98. The number of pyridine rings is 1. The van der Waals surface area contributed by atoms with Gasteiger partial charge < -0.3 is 15.8 Å². The molecular weight excluding hydrogens is 218 g/mol. The molecule has 2 atom stereocenters. The molecule has 1 aliphatic heterocycles. The lowest BCUT2D eigenvalue weighted by Crippen LogP contribution is -2.54. The minimum Gasteiger partial charge on any atom is -0.379 e. The number of nitrogens with zero attached hydrogens (tertiary/aromatic N) is 1. The molecule has 0 saturated carbocycles. The first kappa shape index (κ1) is 12.0. The van der Waals surface area contributed by atoms with E-state index in [1.807, 2.05) is 19.1 Å². The van der Waals surface area contributed by atoms with Gasteiger partial charge in [0.25, 0.3) is 0 Å². The number of nitrogens with two attached hydrogens (primary N) is 1. The summed E-state index contributed by atoms with van der Waals surface area (Å²) in [7, 11) is 0. The summed E-state index contributed by atoms with van der Waals surface area (Å²) in [5.41, 5.74) is 6.06. The standard InChI is InChI=1S/C12H17N3O2/c1-9(10-3-2-5-14-7-10)15-11(16)12(13)4-6-17-8-12/h2-3,5,7,9H,4,6,8,13H2,1H3,(H,15,16)/t9-,12?/m1/s1. The Kier molecular flexibility index (Phi) is 3.40. The fourth-order valence-electron chi connectivity index (χ4n) is 1.82. The van der Waals surface area contributed by atoms with Crippen LogP contribution in [0.5, 0.6) is 0 Å². The third-order valence-electron chi connectivity index (χ3n) is 3.04. The van der Waals surface area contributed by atoms with E-state index in [2.05, 4.69) is 10.3 Å². The van der Waals surface area contributed by atoms with Crippen LogP contribution >= 0.6 is 0 Å². The van der Waals surface area contributed by atoms with Crippen LogP contribution in [0.15, 0.2) is 24.5 Å². The van der Waals surface area contributed by atoms with E-state index in [1.54, 1.807) is 12.4 Å². The number of hydrogen-bond acceptors (Lipinski definition) is 4. The van der Waals surface area contributed by atoms with E-state index in [0.29, 0.717) is 19.6 Å². The summed E-state index contributed by atoms with van der Waals surface area (Å²) in [5, 5.41) is 2.89. The molecule has 0 aliphatic carbocycles.